The Labute approximate surface area is 237 Å². The fourth-order valence-corrected chi connectivity index (χ4v) is 3.78. The second-order valence-corrected chi connectivity index (χ2v) is 10.5. The molecule has 0 aromatic heterocycles. The first kappa shape index (κ1) is 31.9. The van der Waals surface area contributed by atoms with E-state index >= 15 is 0 Å². The topological polar surface area (TPSA) is 146 Å². The van der Waals surface area contributed by atoms with Crippen LogP contribution in [-0.4, -0.2) is 55.1 Å². The normalized spacial score (nSPS) is 12.6. The van der Waals surface area contributed by atoms with Crippen molar-refractivity contribution in [2.75, 3.05) is 13.7 Å². The number of amides is 2. The van der Waals surface area contributed by atoms with E-state index in [2.05, 4.69) is 15.4 Å². The van der Waals surface area contributed by atoms with Crippen molar-refractivity contribution in [2.45, 2.75) is 58.4 Å². The molecule has 2 aromatic rings. The molecule has 2 amide bonds. The van der Waals surface area contributed by atoms with E-state index in [0.717, 1.165) is 0 Å². The summed E-state index contributed by atoms with van der Waals surface area (Å²) < 4.78 is 15.9. The quantitative estimate of drug-likeness (QED) is 0.343. The lowest BCUT2D eigenvalue weighted by molar-refractivity contribution is -0.141. The van der Waals surface area contributed by atoms with Crippen molar-refractivity contribution in [2.24, 2.45) is 5.73 Å². The highest BCUT2D eigenvalue weighted by atomic mass is 35.5. The summed E-state index contributed by atoms with van der Waals surface area (Å²) in [6, 6.07) is 7.78. The number of halogens is 2. The SMILES string of the molecule is COC(=O)CNC(=O)[C@@H](C)NC(=O)[C@@H](N)Cc1ccc(OCc2c(Cl)cccc2Cl)cc1C(=O)OC(C)(C)C. The van der Waals surface area contributed by atoms with E-state index in [4.69, 9.17) is 38.4 Å². The summed E-state index contributed by atoms with van der Waals surface area (Å²) in [5, 5.41) is 5.73. The summed E-state index contributed by atoms with van der Waals surface area (Å²) in [4.78, 5) is 49.1. The number of hydrogen-bond donors (Lipinski definition) is 3. The number of nitrogens with two attached hydrogens (primary N) is 1. The molecule has 0 aliphatic heterocycles. The lowest BCUT2D eigenvalue weighted by Crippen LogP contribution is -2.51. The van der Waals surface area contributed by atoms with Crippen molar-refractivity contribution in [3.63, 3.8) is 0 Å². The van der Waals surface area contributed by atoms with Gasteiger partial charge in [0.15, 0.2) is 0 Å². The van der Waals surface area contributed by atoms with E-state index in [0.29, 0.717) is 26.9 Å². The van der Waals surface area contributed by atoms with Crippen LogP contribution in [0, 0.1) is 0 Å². The van der Waals surface area contributed by atoms with E-state index in [-0.39, 0.29) is 25.1 Å². The maximum atomic E-state index is 13.0. The van der Waals surface area contributed by atoms with Gasteiger partial charge in [0.2, 0.25) is 11.8 Å². The van der Waals surface area contributed by atoms with Gasteiger partial charge in [0.1, 0.15) is 30.5 Å². The van der Waals surface area contributed by atoms with Crippen LogP contribution in [-0.2, 0) is 36.9 Å². The van der Waals surface area contributed by atoms with Gasteiger partial charge in [0, 0.05) is 15.6 Å². The minimum Gasteiger partial charge on any atom is -0.489 e. The molecule has 2 aromatic carbocycles. The Balaban J connectivity index is 2.18. The van der Waals surface area contributed by atoms with E-state index in [1.165, 1.54) is 20.1 Å². The molecule has 212 valence electrons. The van der Waals surface area contributed by atoms with E-state index in [9.17, 15) is 19.2 Å². The van der Waals surface area contributed by atoms with Crippen molar-refractivity contribution in [1.29, 1.82) is 0 Å². The summed E-state index contributed by atoms with van der Waals surface area (Å²) in [6.45, 7) is 6.37. The van der Waals surface area contributed by atoms with Crippen LogP contribution in [0.1, 0.15) is 49.2 Å². The molecule has 0 aliphatic rings. The molecule has 0 heterocycles. The Morgan fingerprint density at radius 1 is 1.03 bits per heavy atom. The second kappa shape index (κ2) is 14.2. The molecule has 12 heteroatoms. The lowest BCUT2D eigenvalue weighted by atomic mass is 9.99. The summed E-state index contributed by atoms with van der Waals surface area (Å²) in [5.41, 5.74) is 6.54. The fraction of sp³-hybridized carbons (Fsp3) is 0.407. The van der Waals surface area contributed by atoms with Crippen LogP contribution in [0.25, 0.3) is 0 Å². The molecule has 2 atom stereocenters. The largest absolute Gasteiger partial charge is 0.489 e. The maximum absolute atomic E-state index is 13.0. The zero-order valence-electron chi connectivity index (χ0n) is 22.4. The number of benzene rings is 2. The molecule has 0 unspecified atom stereocenters. The van der Waals surface area contributed by atoms with Gasteiger partial charge in [-0.2, -0.15) is 0 Å². The summed E-state index contributed by atoms with van der Waals surface area (Å²) in [6.07, 6.45) is -0.0342. The summed E-state index contributed by atoms with van der Waals surface area (Å²) in [5.74, 6) is -2.11. The van der Waals surface area contributed by atoms with Crippen LogP contribution in [0.5, 0.6) is 5.75 Å². The van der Waals surface area contributed by atoms with Gasteiger partial charge in [-0.1, -0.05) is 35.3 Å². The van der Waals surface area contributed by atoms with Gasteiger partial charge in [-0.3, -0.25) is 14.4 Å². The summed E-state index contributed by atoms with van der Waals surface area (Å²) >= 11 is 12.4. The highest BCUT2D eigenvalue weighted by Crippen LogP contribution is 2.27. The van der Waals surface area contributed by atoms with Crippen LogP contribution >= 0.6 is 23.2 Å². The number of methoxy groups -OCH3 is 1. The molecule has 0 spiro atoms. The van der Waals surface area contributed by atoms with Crippen LogP contribution < -0.4 is 21.1 Å². The van der Waals surface area contributed by atoms with Crippen LogP contribution in [0.4, 0.5) is 0 Å². The number of carbonyl (C=O) groups excluding carboxylic acids is 4. The highest BCUT2D eigenvalue weighted by molar-refractivity contribution is 6.35. The fourth-order valence-electron chi connectivity index (χ4n) is 3.27. The molecule has 2 rings (SSSR count). The average Bonchev–Trinajstić information content (AvgIpc) is 2.86. The Morgan fingerprint density at radius 3 is 2.26 bits per heavy atom. The standard InChI is InChI=1S/C27H33Cl2N3O7/c1-15(24(34)31-13-23(33)37-5)32-25(35)22(30)11-16-9-10-17(12-18(16)26(36)39-27(2,3)4)38-14-19-20(28)7-6-8-21(19)29/h6-10,12,15,22H,11,13-14,30H2,1-5H3,(H,31,34)(H,32,35)/t15-,22+/m1/s1. The second-order valence-electron chi connectivity index (χ2n) is 9.64. The monoisotopic (exact) mass is 581 g/mol. The first-order valence-corrected chi connectivity index (χ1v) is 12.8. The number of ether oxygens (including phenoxy) is 3. The first-order chi connectivity index (χ1) is 18.2. The summed E-state index contributed by atoms with van der Waals surface area (Å²) in [7, 11) is 1.19. The van der Waals surface area contributed by atoms with Gasteiger partial charge < -0.3 is 30.6 Å². The molecule has 0 radical (unpaired) electrons. The number of nitrogens with one attached hydrogen (secondary N) is 2. The van der Waals surface area contributed by atoms with E-state index in [1.54, 1.807) is 51.1 Å². The molecule has 0 fully saturated rings. The van der Waals surface area contributed by atoms with Gasteiger partial charge in [0.05, 0.1) is 18.7 Å². The van der Waals surface area contributed by atoms with E-state index in [1.807, 2.05) is 0 Å². The third-order valence-electron chi connectivity index (χ3n) is 5.31. The van der Waals surface area contributed by atoms with Gasteiger partial charge in [-0.05, 0) is 63.9 Å². The third kappa shape index (κ3) is 10.0. The molecular formula is C27H33Cl2N3O7. The van der Waals surface area contributed by atoms with Crippen molar-refractivity contribution >= 4 is 47.0 Å². The Kier molecular flexibility index (Phi) is 11.6. The van der Waals surface area contributed by atoms with Gasteiger partial charge in [-0.25, -0.2) is 4.79 Å². The molecule has 10 nitrogen and oxygen atoms in total. The minimum atomic E-state index is -1.10. The van der Waals surface area contributed by atoms with E-state index < -0.39 is 41.4 Å². The third-order valence-corrected chi connectivity index (χ3v) is 6.02. The zero-order valence-corrected chi connectivity index (χ0v) is 23.9. The van der Waals surface area contributed by atoms with Gasteiger partial charge >= 0.3 is 11.9 Å². The molecule has 4 N–H and O–H groups in total. The number of hydrogen-bond acceptors (Lipinski definition) is 8. The van der Waals surface area contributed by atoms with Crippen molar-refractivity contribution < 1.29 is 33.4 Å². The Hall–Kier alpha value is -3.34. The zero-order chi connectivity index (χ0) is 29.3. The molecule has 39 heavy (non-hydrogen) atoms. The van der Waals surface area contributed by atoms with Crippen LogP contribution in [0.2, 0.25) is 10.0 Å². The Bertz CT molecular complexity index is 1190. The minimum absolute atomic E-state index is 0.0342. The van der Waals surface area contributed by atoms with Crippen LogP contribution in [0.15, 0.2) is 36.4 Å². The van der Waals surface area contributed by atoms with Crippen molar-refractivity contribution in [3.8, 4) is 5.75 Å². The molecule has 0 saturated carbocycles. The van der Waals surface area contributed by atoms with Gasteiger partial charge in [0.25, 0.3) is 0 Å². The highest BCUT2D eigenvalue weighted by Gasteiger charge is 2.25. The lowest BCUT2D eigenvalue weighted by Gasteiger charge is -2.22. The predicted molar refractivity (Wildman–Crippen MR) is 147 cm³/mol. The molecule has 0 saturated heterocycles. The Morgan fingerprint density at radius 2 is 1.67 bits per heavy atom. The molecule has 0 aliphatic carbocycles. The maximum Gasteiger partial charge on any atom is 0.339 e. The number of carbonyl (C=O) groups is 4. The van der Waals surface area contributed by atoms with Gasteiger partial charge in [-0.15, -0.1) is 0 Å². The average molecular weight is 582 g/mol. The van der Waals surface area contributed by atoms with Crippen molar-refractivity contribution in [3.05, 3.63) is 63.1 Å². The predicted octanol–water partition coefficient (Wildman–Crippen LogP) is 3.19. The smallest absolute Gasteiger partial charge is 0.339 e. The first-order valence-electron chi connectivity index (χ1n) is 12.0. The number of rotatable bonds is 11. The van der Waals surface area contributed by atoms with Crippen molar-refractivity contribution in [1.82, 2.24) is 10.6 Å². The van der Waals surface area contributed by atoms with Crippen LogP contribution in [0.3, 0.4) is 0 Å². The number of esters is 2. The molecular weight excluding hydrogens is 549 g/mol. The molecule has 0 bridgehead atoms.